The van der Waals surface area contributed by atoms with E-state index in [0.717, 1.165) is 22.1 Å². The number of likely N-dealkylation sites (tertiary alicyclic amines) is 1. The largest absolute Gasteiger partial charge is 0.333 e. The first-order valence-electron chi connectivity index (χ1n) is 5.89. The van der Waals surface area contributed by atoms with Crippen molar-refractivity contribution in [1.29, 1.82) is 0 Å². The Kier molecular flexibility index (Phi) is 4.01. The third-order valence-corrected chi connectivity index (χ3v) is 3.29. The van der Waals surface area contributed by atoms with Crippen LogP contribution in [0.5, 0.6) is 0 Å². The summed E-state index contributed by atoms with van der Waals surface area (Å²) < 4.78 is 0.926. The predicted molar refractivity (Wildman–Crippen MR) is 73.3 cm³/mol. The van der Waals surface area contributed by atoms with Gasteiger partial charge in [-0.3, -0.25) is 9.59 Å². The maximum atomic E-state index is 11.8. The number of hydrogen-bond acceptors (Lipinski definition) is 2. The van der Waals surface area contributed by atoms with Gasteiger partial charge >= 0.3 is 0 Å². The second-order valence-corrected chi connectivity index (χ2v) is 5.40. The van der Waals surface area contributed by atoms with Gasteiger partial charge in [0.1, 0.15) is 0 Å². The molecule has 0 aliphatic carbocycles. The molecule has 1 aliphatic rings. The van der Waals surface area contributed by atoms with E-state index in [1.807, 2.05) is 25.1 Å². The van der Waals surface area contributed by atoms with Gasteiger partial charge in [0.2, 0.25) is 11.8 Å². The van der Waals surface area contributed by atoms with E-state index in [1.165, 1.54) is 0 Å². The van der Waals surface area contributed by atoms with Crippen LogP contribution in [0.2, 0.25) is 0 Å². The molecule has 1 aromatic rings. The summed E-state index contributed by atoms with van der Waals surface area (Å²) in [5.74, 6) is -0.0849. The molecular formula is C13H15BrN2O2. The van der Waals surface area contributed by atoms with E-state index in [4.69, 9.17) is 0 Å². The van der Waals surface area contributed by atoms with Gasteiger partial charge in [-0.1, -0.05) is 15.9 Å². The second-order valence-electron chi connectivity index (χ2n) is 4.48. The SMILES string of the molecule is Cc1cc(Br)cc(NC(=O)CN2CCCC2=O)c1. The van der Waals surface area contributed by atoms with Crippen molar-refractivity contribution in [3.05, 3.63) is 28.2 Å². The maximum Gasteiger partial charge on any atom is 0.243 e. The molecule has 0 radical (unpaired) electrons. The van der Waals surface area contributed by atoms with Crippen molar-refractivity contribution in [2.24, 2.45) is 0 Å². The summed E-state index contributed by atoms with van der Waals surface area (Å²) in [5.41, 5.74) is 1.82. The Morgan fingerprint density at radius 2 is 2.22 bits per heavy atom. The summed E-state index contributed by atoms with van der Waals surface area (Å²) >= 11 is 3.38. The van der Waals surface area contributed by atoms with Crippen molar-refractivity contribution >= 4 is 33.4 Å². The van der Waals surface area contributed by atoms with Crippen molar-refractivity contribution in [3.8, 4) is 0 Å². The molecule has 0 unspecified atom stereocenters. The number of rotatable bonds is 3. The summed E-state index contributed by atoms with van der Waals surface area (Å²) in [6.45, 7) is 2.79. The third-order valence-electron chi connectivity index (χ3n) is 2.83. The van der Waals surface area contributed by atoms with Gasteiger partial charge in [0.15, 0.2) is 0 Å². The van der Waals surface area contributed by atoms with Crippen LogP contribution in [0.3, 0.4) is 0 Å². The van der Waals surface area contributed by atoms with E-state index in [1.54, 1.807) is 4.90 Å². The number of nitrogens with zero attached hydrogens (tertiary/aromatic N) is 1. The number of anilines is 1. The molecule has 1 fully saturated rings. The van der Waals surface area contributed by atoms with Crippen molar-refractivity contribution in [2.45, 2.75) is 19.8 Å². The quantitative estimate of drug-likeness (QED) is 0.931. The molecule has 2 rings (SSSR count). The van der Waals surface area contributed by atoms with Crippen LogP contribution in [0.1, 0.15) is 18.4 Å². The summed E-state index contributed by atoms with van der Waals surface area (Å²) in [6.07, 6.45) is 1.41. The number of amides is 2. The molecule has 1 heterocycles. The Morgan fingerprint density at radius 1 is 1.44 bits per heavy atom. The Bertz CT molecular complexity index is 468. The van der Waals surface area contributed by atoms with Gasteiger partial charge in [-0.15, -0.1) is 0 Å². The summed E-state index contributed by atoms with van der Waals surface area (Å²) in [4.78, 5) is 24.8. The number of aryl methyl sites for hydroxylation is 1. The molecule has 0 atom stereocenters. The van der Waals surface area contributed by atoms with Crippen molar-refractivity contribution < 1.29 is 9.59 Å². The van der Waals surface area contributed by atoms with Crippen LogP contribution in [-0.4, -0.2) is 29.8 Å². The highest BCUT2D eigenvalue weighted by molar-refractivity contribution is 9.10. The summed E-state index contributed by atoms with van der Waals surface area (Å²) in [5, 5.41) is 2.81. The molecule has 0 spiro atoms. The summed E-state index contributed by atoms with van der Waals surface area (Å²) in [6, 6.07) is 5.71. The first-order chi connectivity index (χ1) is 8.54. The topological polar surface area (TPSA) is 49.4 Å². The van der Waals surface area contributed by atoms with Crippen LogP contribution in [0, 0.1) is 6.92 Å². The smallest absolute Gasteiger partial charge is 0.243 e. The number of carbonyl (C=O) groups is 2. The van der Waals surface area contributed by atoms with Crippen LogP contribution in [0.25, 0.3) is 0 Å². The Labute approximate surface area is 114 Å². The lowest BCUT2D eigenvalue weighted by Crippen LogP contribution is -2.33. The molecule has 1 saturated heterocycles. The zero-order valence-electron chi connectivity index (χ0n) is 10.2. The fourth-order valence-corrected chi connectivity index (χ4v) is 2.66. The molecule has 0 aromatic heterocycles. The monoisotopic (exact) mass is 310 g/mol. The van der Waals surface area contributed by atoms with Gasteiger partial charge < -0.3 is 10.2 Å². The van der Waals surface area contributed by atoms with Gasteiger partial charge in [-0.05, 0) is 37.1 Å². The Balaban J connectivity index is 1.96. The molecule has 96 valence electrons. The highest BCUT2D eigenvalue weighted by atomic mass is 79.9. The Hall–Kier alpha value is -1.36. The highest BCUT2D eigenvalue weighted by Crippen LogP contribution is 2.19. The van der Waals surface area contributed by atoms with Crippen molar-refractivity contribution in [2.75, 3.05) is 18.4 Å². The van der Waals surface area contributed by atoms with E-state index >= 15 is 0 Å². The zero-order chi connectivity index (χ0) is 13.1. The fourth-order valence-electron chi connectivity index (χ4n) is 2.05. The molecule has 0 bridgehead atoms. The average molecular weight is 311 g/mol. The second kappa shape index (κ2) is 5.52. The molecule has 4 nitrogen and oxygen atoms in total. The first-order valence-corrected chi connectivity index (χ1v) is 6.69. The van der Waals surface area contributed by atoms with Gasteiger partial charge in [0.05, 0.1) is 6.54 Å². The van der Waals surface area contributed by atoms with Gasteiger partial charge in [0, 0.05) is 23.1 Å². The van der Waals surface area contributed by atoms with E-state index in [0.29, 0.717) is 13.0 Å². The van der Waals surface area contributed by atoms with Crippen LogP contribution in [0.15, 0.2) is 22.7 Å². The highest BCUT2D eigenvalue weighted by Gasteiger charge is 2.22. The summed E-state index contributed by atoms with van der Waals surface area (Å²) in [7, 11) is 0. The lowest BCUT2D eigenvalue weighted by Gasteiger charge is -2.15. The van der Waals surface area contributed by atoms with Gasteiger partial charge in [-0.25, -0.2) is 0 Å². The van der Waals surface area contributed by atoms with Gasteiger partial charge in [0.25, 0.3) is 0 Å². The first kappa shape index (κ1) is 13.1. The number of halogens is 1. The molecule has 5 heteroatoms. The minimum Gasteiger partial charge on any atom is -0.333 e. The maximum absolute atomic E-state index is 11.8. The Morgan fingerprint density at radius 3 is 2.83 bits per heavy atom. The van der Waals surface area contributed by atoms with E-state index < -0.39 is 0 Å². The van der Waals surface area contributed by atoms with Crippen LogP contribution in [-0.2, 0) is 9.59 Å². The van der Waals surface area contributed by atoms with Gasteiger partial charge in [-0.2, -0.15) is 0 Å². The molecule has 18 heavy (non-hydrogen) atoms. The molecule has 1 aliphatic heterocycles. The van der Waals surface area contributed by atoms with E-state index in [9.17, 15) is 9.59 Å². The average Bonchev–Trinajstić information content (AvgIpc) is 2.62. The van der Waals surface area contributed by atoms with Crippen LogP contribution >= 0.6 is 15.9 Å². The number of hydrogen-bond donors (Lipinski definition) is 1. The number of nitrogens with one attached hydrogen (secondary N) is 1. The molecule has 2 amide bonds. The van der Waals surface area contributed by atoms with Crippen molar-refractivity contribution in [1.82, 2.24) is 4.90 Å². The standard InChI is InChI=1S/C13H15BrN2O2/c1-9-5-10(14)7-11(6-9)15-12(17)8-16-4-2-3-13(16)18/h5-7H,2-4,8H2,1H3,(H,15,17). The number of benzene rings is 1. The van der Waals surface area contributed by atoms with Crippen LogP contribution < -0.4 is 5.32 Å². The fraction of sp³-hybridized carbons (Fsp3) is 0.385. The minimum absolute atomic E-state index is 0.0653. The third kappa shape index (κ3) is 3.32. The van der Waals surface area contributed by atoms with Crippen molar-refractivity contribution in [3.63, 3.8) is 0 Å². The lowest BCUT2D eigenvalue weighted by atomic mass is 10.2. The molecular weight excluding hydrogens is 296 g/mol. The van der Waals surface area contributed by atoms with E-state index in [-0.39, 0.29) is 18.4 Å². The molecule has 1 N–H and O–H groups in total. The zero-order valence-corrected chi connectivity index (χ0v) is 11.8. The minimum atomic E-state index is -0.150. The van der Waals surface area contributed by atoms with Crippen LogP contribution in [0.4, 0.5) is 5.69 Å². The van der Waals surface area contributed by atoms with E-state index in [2.05, 4.69) is 21.2 Å². The lowest BCUT2D eigenvalue weighted by molar-refractivity contribution is -0.131. The molecule has 1 aromatic carbocycles. The number of carbonyl (C=O) groups excluding carboxylic acids is 2. The normalized spacial score (nSPS) is 15.0. The molecule has 0 saturated carbocycles. The predicted octanol–water partition coefficient (Wildman–Crippen LogP) is 2.32.